The summed E-state index contributed by atoms with van der Waals surface area (Å²) in [5, 5.41) is 90.6. The number of rotatable bonds is 25. The van der Waals surface area contributed by atoms with Gasteiger partial charge >= 0.3 is 0 Å². The number of epoxide rings is 1. The Hall–Kier alpha value is -1.69. The van der Waals surface area contributed by atoms with Crippen molar-refractivity contribution in [3.63, 3.8) is 0 Å². The maximum Gasteiger partial charge on any atom is 0.192 e. The number of hydrogen-bond donors (Lipinski definition) is 9. The molecule has 662 valence electrons. The molecule has 9 unspecified atom stereocenters. The van der Waals surface area contributed by atoms with Crippen molar-refractivity contribution in [2.24, 2.45) is 74.9 Å². The van der Waals surface area contributed by atoms with Crippen LogP contribution in [0.4, 0.5) is 0 Å². The number of fused-ring (bicyclic) bond motifs is 3. The summed E-state index contributed by atoms with van der Waals surface area (Å²) in [5.74, 6) is 6.44. The number of aliphatic hydroxyl groups excluding tert-OH is 5. The van der Waals surface area contributed by atoms with Crippen LogP contribution in [-0.4, -0.2) is 168 Å². The van der Waals surface area contributed by atoms with Gasteiger partial charge in [-0.1, -0.05) is 220 Å². The van der Waals surface area contributed by atoms with E-state index in [9.17, 15) is 40.9 Å². The molecule has 10 rings (SSSR count). The summed E-state index contributed by atoms with van der Waals surface area (Å²) in [6.45, 7) is 54.2. The Morgan fingerprint density at radius 1 is 0.447 bits per heavy atom. The average Bonchev–Trinajstić information content (AvgIpc) is 1.56. The fourth-order valence-corrected chi connectivity index (χ4v) is 25.8. The van der Waals surface area contributed by atoms with Crippen molar-refractivity contribution in [1.29, 1.82) is 0 Å². The van der Waals surface area contributed by atoms with Gasteiger partial charge in [0, 0.05) is 21.3 Å². The molecule has 0 aromatic heterocycles. The zero-order valence-electron chi connectivity index (χ0n) is 77.0. The molecule has 0 bridgehead atoms. The normalized spacial score (nSPS) is 36.7. The van der Waals surface area contributed by atoms with E-state index in [-0.39, 0.29) is 48.5 Å². The number of ether oxygens (including phenoxy) is 3. The summed E-state index contributed by atoms with van der Waals surface area (Å²) >= 11 is 0. The van der Waals surface area contributed by atoms with E-state index in [1.807, 2.05) is 27.7 Å². The molecule has 1 heterocycles. The van der Waals surface area contributed by atoms with E-state index in [2.05, 4.69) is 167 Å². The molecular weight excluding hydrogens is 1460 g/mol. The van der Waals surface area contributed by atoms with Gasteiger partial charge in [-0.3, -0.25) is 0 Å². The van der Waals surface area contributed by atoms with Crippen molar-refractivity contribution in [3.8, 4) is 0 Å². The van der Waals surface area contributed by atoms with E-state index in [0.29, 0.717) is 71.0 Å². The van der Waals surface area contributed by atoms with Crippen LogP contribution in [0.1, 0.15) is 332 Å². The minimum atomic E-state index is -1.98. The molecule has 0 aromatic carbocycles. The Morgan fingerprint density at radius 2 is 0.719 bits per heavy atom. The summed E-state index contributed by atoms with van der Waals surface area (Å²) in [4.78, 5) is 0. The lowest BCUT2D eigenvalue weighted by Gasteiger charge is -2.48. The first-order chi connectivity index (χ1) is 52.2. The molecule has 14 nitrogen and oxygen atoms in total. The highest BCUT2D eigenvalue weighted by Crippen LogP contribution is 2.64. The maximum absolute atomic E-state index is 10.6. The summed E-state index contributed by atoms with van der Waals surface area (Å²) in [6.07, 6.45) is 42.8. The van der Waals surface area contributed by atoms with Crippen LogP contribution in [0.25, 0.3) is 0 Å². The molecule has 9 N–H and O–H groups in total. The molecule has 1 saturated heterocycles. The third-order valence-corrected chi connectivity index (χ3v) is 41.1. The largest absolute Gasteiger partial charge is 0.410 e. The summed E-state index contributed by atoms with van der Waals surface area (Å²) in [7, 11) is -0.0311. The van der Waals surface area contributed by atoms with Crippen LogP contribution in [0.3, 0.4) is 0 Å². The number of methoxy groups -OCH3 is 2. The van der Waals surface area contributed by atoms with Gasteiger partial charge < -0.3 is 69.0 Å². The second kappa shape index (κ2) is 40.3. The third-order valence-electron chi connectivity index (χ3n) is 32.1. The van der Waals surface area contributed by atoms with Crippen molar-refractivity contribution in [3.05, 3.63) is 69.9 Å². The first kappa shape index (κ1) is 101. The van der Waals surface area contributed by atoms with E-state index in [1.54, 1.807) is 5.57 Å². The van der Waals surface area contributed by atoms with Gasteiger partial charge in [0.15, 0.2) is 16.6 Å². The molecule has 16 heteroatoms. The Labute approximate surface area is 700 Å². The second-order valence-electron chi connectivity index (χ2n) is 44.9. The Kier molecular flexibility index (Phi) is 35.8. The van der Waals surface area contributed by atoms with E-state index >= 15 is 0 Å². The summed E-state index contributed by atoms with van der Waals surface area (Å²) < 4.78 is 31.0. The predicted molar refractivity (Wildman–Crippen MR) is 477 cm³/mol. The zero-order valence-corrected chi connectivity index (χ0v) is 79.0. The Bertz CT molecular complexity index is 3000. The van der Waals surface area contributed by atoms with Gasteiger partial charge in [-0.15, -0.1) is 0 Å². The molecule has 10 fully saturated rings. The lowest BCUT2D eigenvalue weighted by atomic mass is 9.60. The summed E-state index contributed by atoms with van der Waals surface area (Å²) in [5.41, 5.74) is 5.22. The second-order valence-corrected chi connectivity index (χ2v) is 54.4. The topological polar surface area (TPSA) is 232 Å². The highest BCUT2D eigenvalue weighted by atomic mass is 28.4. The van der Waals surface area contributed by atoms with Crippen LogP contribution in [0, 0.1) is 74.9 Å². The van der Waals surface area contributed by atoms with Gasteiger partial charge in [0.05, 0.1) is 67.6 Å². The van der Waals surface area contributed by atoms with Gasteiger partial charge in [0.25, 0.3) is 0 Å². The van der Waals surface area contributed by atoms with Crippen molar-refractivity contribution >= 4 is 16.6 Å². The van der Waals surface area contributed by atoms with Crippen LogP contribution >= 0.6 is 0 Å². The van der Waals surface area contributed by atoms with Crippen LogP contribution in [0.2, 0.25) is 36.3 Å². The molecule has 0 amide bonds. The lowest BCUT2D eigenvalue weighted by Crippen LogP contribution is -2.58. The predicted octanol–water partition coefficient (Wildman–Crippen LogP) is 21.5. The van der Waals surface area contributed by atoms with Crippen LogP contribution in [-0.2, 0) is 23.1 Å². The van der Waals surface area contributed by atoms with Crippen molar-refractivity contribution in [2.45, 2.75) is 432 Å². The van der Waals surface area contributed by atoms with Gasteiger partial charge in [-0.05, 0) is 293 Å². The molecule has 0 radical (unpaired) electrons. The van der Waals surface area contributed by atoms with Crippen molar-refractivity contribution in [1.82, 2.24) is 0 Å². The molecule has 9 saturated carbocycles. The summed E-state index contributed by atoms with van der Waals surface area (Å²) in [6, 6.07) is 0. The van der Waals surface area contributed by atoms with E-state index < -0.39 is 63.5 Å². The van der Waals surface area contributed by atoms with E-state index in [0.717, 1.165) is 106 Å². The smallest absolute Gasteiger partial charge is 0.192 e. The lowest BCUT2D eigenvalue weighted by molar-refractivity contribution is -0.181. The minimum absolute atomic E-state index is 0. The molecular formula is C98H178O14Si2. The zero-order chi connectivity index (χ0) is 84.7. The third kappa shape index (κ3) is 24.6. The average molecular weight is 1640 g/mol. The number of aliphatic hydroxyl groups is 9. The number of allylic oxidation sites excluding steroid dienone is 9. The van der Waals surface area contributed by atoms with Gasteiger partial charge in [0.1, 0.15) is 16.8 Å². The standard InChI is InChI=1S/C40H74O3Si2.2C28H48O5.CH4O.CH4/c1-29(18-16-24-36(2,3)4)32-22-23-33-31(19-17-25-39(32,33)11)21-20-30-26-34(42-44(12,13)37(5,6)7)40(28-41-40)35(27-30)43-45(14,15)38(8,9)10;2*1-19(8-6-14-26(2,3)31)22-12-13-23-21(9-7-15-27(22,23)4)11-10-20-16-24(29)28(32,18-33-5)25(30)17-20;1-2;/h20-21,29,32-35H,16-19,22-28H2,1-15H3;2*10-11,19,22-25,29-32H,6-9,12-18H2,1-5H3;2H,1H3;1H4/b30-20?,31-21+;2*20-10?,21-11+;;/t29-,32?,33?,34+,35+,39?,40?;2*19-,22?,23?,24+,25+,27?,28?;;/m000../s1. The van der Waals surface area contributed by atoms with Crippen molar-refractivity contribution < 1.29 is 69.0 Å². The molecule has 9 aliphatic carbocycles. The highest BCUT2D eigenvalue weighted by Gasteiger charge is 2.64. The molecule has 1 spiro atoms. The van der Waals surface area contributed by atoms with Crippen LogP contribution < -0.4 is 0 Å². The quantitative estimate of drug-likeness (QED) is 0.0306. The molecule has 10 aliphatic rings. The highest BCUT2D eigenvalue weighted by molar-refractivity contribution is 6.74. The SMILES string of the molecule is C.CO.COCC1(O)[C@H](O)CC(=C/C=C2\CCCC3(C)C2CCC3[C@@H](C)CCCC(C)(C)O)C[C@H]1O.COCC1(O)[C@H](O)CC(=C/C=C2\CCCC3(C)C2CCC3[C@@H](C)CCCC(C)(C)O)C[C@H]1O.C[C@@H](CCCC(C)(C)C)C1CCC2/C(=C/C=C3C[C@@H](O[Si](C)(C)C(C)(C)C)C4(CO4)[C@H](O[Si](C)(C)C(C)(C)C)C3)CCCC21C. The molecule has 18 atom stereocenters. The van der Waals surface area contributed by atoms with Gasteiger partial charge in [0.2, 0.25) is 0 Å². The molecule has 114 heavy (non-hydrogen) atoms. The fraction of sp³-hybridized carbons (Fsp3) is 0.878. The van der Waals surface area contributed by atoms with Crippen LogP contribution in [0.15, 0.2) is 69.9 Å². The Morgan fingerprint density at radius 3 is 0.965 bits per heavy atom. The van der Waals surface area contributed by atoms with Gasteiger partial charge in [-0.2, -0.15) is 0 Å². The van der Waals surface area contributed by atoms with Crippen molar-refractivity contribution in [2.75, 3.05) is 41.2 Å². The van der Waals surface area contributed by atoms with Gasteiger partial charge in [-0.25, -0.2) is 0 Å². The van der Waals surface area contributed by atoms with Crippen LogP contribution in [0.5, 0.6) is 0 Å². The monoisotopic (exact) mass is 1640 g/mol. The number of hydrogen-bond acceptors (Lipinski definition) is 14. The Balaban J connectivity index is 0.000000267. The van der Waals surface area contributed by atoms with E-state index in [4.69, 9.17) is 28.2 Å². The molecule has 1 aliphatic heterocycles. The first-order valence-corrected chi connectivity index (χ1v) is 51.2. The maximum atomic E-state index is 10.6. The van der Waals surface area contributed by atoms with E-state index in [1.165, 1.54) is 147 Å². The fourth-order valence-electron chi connectivity index (χ4n) is 23.1. The first-order valence-electron chi connectivity index (χ1n) is 45.4. The minimum Gasteiger partial charge on any atom is -0.410 e. The molecule has 0 aromatic rings.